The minimum atomic E-state index is -0.706. The summed E-state index contributed by atoms with van der Waals surface area (Å²) >= 11 is 0. The van der Waals surface area contributed by atoms with E-state index in [0.29, 0.717) is 28.5 Å². The molecule has 0 spiro atoms. The molecule has 7 nitrogen and oxygen atoms in total. The van der Waals surface area contributed by atoms with E-state index >= 15 is 4.39 Å². The van der Waals surface area contributed by atoms with E-state index in [1.54, 1.807) is 6.20 Å². The van der Waals surface area contributed by atoms with Crippen LogP contribution < -0.4 is 10.2 Å². The van der Waals surface area contributed by atoms with Crippen LogP contribution in [-0.4, -0.2) is 69.3 Å². The third kappa shape index (κ3) is 4.24. The highest BCUT2D eigenvalue weighted by molar-refractivity contribution is 6.03. The first-order valence-corrected chi connectivity index (χ1v) is 14.4. The highest BCUT2D eigenvalue weighted by Gasteiger charge is 2.43. The number of hydrogen-bond acceptors (Lipinski definition) is 7. The number of anilines is 1. The zero-order valence-corrected chi connectivity index (χ0v) is 23.3. The van der Waals surface area contributed by atoms with Crippen molar-refractivity contribution in [2.45, 2.75) is 44.2 Å². The van der Waals surface area contributed by atoms with Crippen molar-refractivity contribution in [2.24, 2.45) is 0 Å². The van der Waals surface area contributed by atoms with Crippen molar-refractivity contribution in [3.05, 3.63) is 53.5 Å². The Morgan fingerprint density at radius 1 is 1.12 bits per heavy atom. The molecule has 3 aliphatic rings. The van der Waals surface area contributed by atoms with Gasteiger partial charge in [0.05, 0.1) is 16.5 Å². The van der Waals surface area contributed by atoms with Crippen molar-refractivity contribution in [3.63, 3.8) is 0 Å². The van der Waals surface area contributed by atoms with Crippen molar-refractivity contribution in [3.8, 4) is 41.2 Å². The quantitative estimate of drug-likeness (QED) is 0.345. The van der Waals surface area contributed by atoms with Gasteiger partial charge >= 0.3 is 0 Å². The van der Waals surface area contributed by atoms with Gasteiger partial charge < -0.3 is 15.3 Å². The monoisotopic (exact) mass is 564 g/mol. The maximum atomic E-state index is 16.7. The fourth-order valence-electron chi connectivity index (χ4n) is 6.89. The normalized spacial score (nSPS) is 20.0. The number of rotatable bonds is 2. The molecule has 0 bridgehead atoms. The molecule has 9 heteroatoms. The highest BCUT2D eigenvalue weighted by atomic mass is 19.1. The number of phenols is 1. The molecule has 0 aliphatic carbocycles. The van der Waals surface area contributed by atoms with Crippen LogP contribution in [0.2, 0.25) is 0 Å². The third-order valence-electron chi connectivity index (χ3n) is 8.94. The predicted molar refractivity (Wildman–Crippen MR) is 159 cm³/mol. The zero-order chi connectivity index (χ0) is 29.0. The van der Waals surface area contributed by atoms with Gasteiger partial charge in [0.15, 0.2) is 5.82 Å². The summed E-state index contributed by atoms with van der Waals surface area (Å²) < 4.78 is 31.4. The van der Waals surface area contributed by atoms with Gasteiger partial charge in [-0.25, -0.2) is 18.7 Å². The van der Waals surface area contributed by atoms with Crippen LogP contribution in [0.3, 0.4) is 0 Å². The number of halogens is 2. The second kappa shape index (κ2) is 10.2. The van der Waals surface area contributed by atoms with E-state index in [1.165, 1.54) is 24.3 Å². The van der Waals surface area contributed by atoms with Crippen LogP contribution >= 0.6 is 0 Å². The Morgan fingerprint density at radius 3 is 2.69 bits per heavy atom. The number of pyridine rings is 1. The van der Waals surface area contributed by atoms with E-state index in [9.17, 15) is 9.50 Å². The molecule has 5 heterocycles. The molecule has 1 atom stereocenters. The summed E-state index contributed by atoms with van der Waals surface area (Å²) in [7, 11) is 0. The first kappa shape index (κ1) is 26.6. The van der Waals surface area contributed by atoms with Gasteiger partial charge in [0.1, 0.15) is 28.6 Å². The Hall–Kier alpha value is -4.31. The summed E-state index contributed by atoms with van der Waals surface area (Å²) in [6, 6.07) is 5.67. The Morgan fingerprint density at radius 2 is 1.93 bits per heavy atom. The molecule has 3 fully saturated rings. The first-order chi connectivity index (χ1) is 20.4. The van der Waals surface area contributed by atoms with Crippen LogP contribution in [-0.2, 0) is 0 Å². The Bertz CT molecular complexity index is 1850. The van der Waals surface area contributed by atoms with Crippen molar-refractivity contribution < 1.29 is 13.9 Å². The van der Waals surface area contributed by atoms with Gasteiger partial charge in [-0.15, -0.1) is 6.42 Å². The van der Waals surface area contributed by atoms with Gasteiger partial charge in [-0.3, -0.25) is 9.88 Å². The molecule has 3 aliphatic heterocycles. The second-order valence-electron chi connectivity index (χ2n) is 11.4. The fraction of sp³-hybridized carbons (Fsp3) is 0.364. The highest BCUT2D eigenvalue weighted by Crippen LogP contribution is 2.40. The van der Waals surface area contributed by atoms with Crippen molar-refractivity contribution in [1.82, 2.24) is 25.2 Å². The average Bonchev–Trinajstić information content (AvgIpc) is 3.57. The summed E-state index contributed by atoms with van der Waals surface area (Å²) in [6.45, 7) is 6.37. The maximum Gasteiger partial charge on any atom is 0.207 e. The van der Waals surface area contributed by atoms with Crippen molar-refractivity contribution in [2.75, 3.05) is 37.6 Å². The van der Waals surface area contributed by atoms with Crippen molar-refractivity contribution >= 4 is 27.5 Å². The molecule has 0 unspecified atom stereocenters. The van der Waals surface area contributed by atoms with Crippen LogP contribution in [0.1, 0.15) is 44.0 Å². The Kier molecular flexibility index (Phi) is 6.46. The Labute approximate surface area is 243 Å². The first-order valence-electron chi connectivity index (χ1n) is 14.4. The number of hydrogen-bond donors (Lipinski definition) is 2. The van der Waals surface area contributed by atoms with E-state index in [4.69, 9.17) is 11.4 Å². The predicted octanol–water partition coefficient (Wildman–Crippen LogP) is 4.59. The van der Waals surface area contributed by atoms with Crippen LogP contribution in [0.4, 0.5) is 14.6 Å². The lowest BCUT2D eigenvalue weighted by Gasteiger charge is -2.35. The van der Waals surface area contributed by atoms with Gasteiger partial charge in [0.2, 0.25) is 5.82 Å². The molecule has 3 saturated heterocycles. The van der Waals surface area contributed by atoms with E-state index in [-0.39, 0.29) is 45.5 Å². The fourth-order valence-corrected chi connectivity index (χ4v) is 6.89. The molecule has 7 rings (SSSR count). The molecule has 2 aromatic carbocycles. The SMILES string of the molecule is C#Cc1c(F)ccc2cc(O)cc(-c3ncc4c(N5CCNC[C@@H]5C)nc(C#CC56CCCN5CCC6)nc4c3F)c12. The van der Waals surface area contributed by atoms with Crippen LogP contribution in [0.25, 0.3) is 32.9 Å². The van der Waals surface area contributed by atoms with Gasteiger partial charge in [0, 0.05) is 42.8 Å². The van der Waals surface area contributed by atoms with Crippen LogP contribution in [0.15, 0.2) is 30.5 Å². The number of nitrogens with one attached hydrogen (secondary N) is 1. The summed E-state index contributed by atoms with van der Waals surface area (Å²) in [5, 5.41) is 15.1. The van der Waals surface area contributed by atoms with E-state index < -0.39 is 11.6 Å². The third-order valence-corrected chi connectivity index (χ3v) is 8.94. The molecular weight excluding hydrogens is 534 g/mol. The number of fused-ring (bicyclic) bond motifs is 3. The number of benzene rings is 2. The van der Waals surface area contributed by atoms with E-state index in [0.717, 1.165) is 51.9 Å². The lowest BCUT2D eigenvalue weighted by molar-refractivity contribution is 0.261. The largest absolute Gasteiger partial charge is 0.508 e. The summed E-state index contributed by atoms with van der Waals surface area (Å²) in [6.07, 6.45) is 11.5. The molecule has 2 N–H and O–H groups in total. The molecule has 0 amide bonds. The van der Waals surface area contributed by atoms with Gasteiger partial charge in [-0.1, -0.05) is 17.9 Å². The molecule has 0 radical (unpaired) electrons. The number of aromatic hydroxyl groups is 1. The number of nitrogens with zero attached hydrogens (tertiary/aromatic N) is 5. The topological polar surface area (TPSA) is 77.4 Å². The molecular formula is C33H30F2N6O. The number of phenolic OH excluding ortho intramolecular Hbond substituents is 1. The lowest BCUT2D eigenvalue weighted by atomic mass is 9.95. The molecule has 212 valence electrons. The molecule has 4 aromatic rings. The van der Waals surface area contributed by atoms with Gasteiger partial charge in [0.25, 0.3) is 0 Å². The van der Waals surface area contributed by atoms with Gasteiger partial charge in [-0.05, 0) is 75.2 Å². The summed E-state index contributed by atoms with van der Waals surface area (Å²) in [5.74, 6) is 8.50. The number of piperazine rings is 1. The van der Waals surface area contributed by atoms with E-state index in [2.05, 4.69) is 49.8 Å². The minimum absolute atomic E-state index is 0.0229. The number of terminal acetylenes is 1. The van der Waals surface area contributed by atoms with Crippen LogP contribution in [0, 0.1) is 35.8 Å². The Balaban J connectivity index is 1.46. The molecule has 0 saturated carbocycles. The molecule has 42 heavy (non-hydrogen) atoms. The summed E-state index contributed by atoms with van der Waals surface area (Å²) in [4.78, 5) is 18.6. The average molecular weight is 565 g/mol. The van der Waals surface area contributed by atoms with Crippen molar-refractivity contribution in [1.29, 1.82) is 0 Å². The maximum absolute atomic E-state index is 16.7. The smallest absolute Gasteiger partial charge is 0.207 e. The summed E-state index contributed by atoms with van der Waals surface area (Å²) in [5.41, 5.74) is -0.0167. The minimum Gasteiger partial charge on any atom is -0.508 e. The second-order valence-corrected chi connectivity index (χ2v) is 11.4. The van der Waals surface area contributed by atoms with Crippen LogP contribution in [0.5, 0.6) is 5.75 Å². The van der Waals surface area contributed by atoms with Gasteiger partial charge in [-0.2, -0.15) is 0 Å². The zero-order valence-electron chi connectivity index (χ0n) is 23.3. The lowest BCUT2D eigenvalue weighted by Crippen LogP contribution is -2.50. The standard InChI is InChI=1S/C33H30F2N6O/c1-3-23-26(34)7-6-21-16-22(42)17-24(28(21)23)30-29(35)31-25(19-37-30)32(41-15-12-36-18-20(41)2)39-27(38-31)8-11-33-9-4-13-40(33)14-5-10-33/h1,6-7,16-17,19-20,36,42H,4-5,9-10,12-15,18H2,2H3/t20-/m0/s1. The number of aromatic nitrogens is 3. The van der Waals surface area contributed by atoms with E-state index in [1.807, 2.05) is 0 Å². The molecule has 2 aromatic heterocycles.